The molecule has 22 heavy (non-hydrogen) atoms. The van der Waals surface area contributed by atoms with Crippen LogP contribution in [0, 0.1) is 5.92 Å². The van der Waals surface area contributed by atoms with Gasteiger partial charge in [0.25, 0.3) is 0 Å². The molecule has 0 saturated carbocycles. The molecule has 2 atom stereocenters. The van der Waals surface area contributed by atoms with E-state index >= 15 is 0 Å². The van der Waals surface area contributed by atoms with Gasteiger partial charge in [-0.2, -0.15) is 0 Å². The minimum atomic E-state index is -0.431. The maximum Gasteiger partial charge on any atom is 0.0914 e. The minimum Gasteiger partial charge on any atom is -0.387 e. The number of fused-ring (bicyclic) bond motifs is 4. The van der Waals surface area contributed by atoms with Gasteiger partial charge in [-0.25, -0.2) is 0 Å². The third kappa shape index (κ3) is 2.76. The second kappa shape index (κ2) is 5.99. The number of rotatable bonds is 4. The summed E-state index contributed by atoms with van der Waals surface area (Å²) in [5.74, 6) is 0.800. The van der Waals surface area contributed by atoms with E-state index in [1.54, 1.807) is 0 Å². The van der Waals surface area contributed by atoms with Gasteiger partial charge in [0, 0.05) is 19.1 Å². The lowest BCUT2D eigenvalue weighted by Gasteiger charge is -2.45. The maximum atomic E-state index is 10.5. The van der Waals surface area contributed by atoms with Gasteiger partial charge in [-0.3, -0.25) is 0 Å². The van der Waals surface area contributed by atoms with Crippen LogP contribution in [-0.4, -0.2) is 42.2 Å². The highest BCUT2D eigenvalue weighted by molar-refractivity contribution is 5.83. The summed E-state index contributed by atoms with van der Waals surface area (Å²) in [5.41, 5.74) is 1.01. The van der Waals surface area contributed by atoms with Gasteiger partial charge in [-0.05, 0) is 54.3 Å². The Morgan fingerprint density at radius 1 is 1.09 bits per heavy atom. The molecule has 2 N–H and O–H groups in total. The predicted octanol–water partition coefficient (Wildman–Crippen LogP) is 2.56. The van der Waals surface area contributed by atoms with Gasteiger partial charge in [-0.15, -0.1) is 0 Å². The second-order valence-electron chi connectivity index (χ2n) is 6.78. The van der Waals surface area contributed by atoms with Crippen molar-refractivity contribution in [2.24, 2.45) is 5.92 Å². The summed E-state index contributed by atoms with van der Waals surface area (Å²) in [4.78, 5) is 2.54. The maximum absolute atomic E-state index is 10.5. The van der Waals surface area contributed by atoms with E-state index < -0.39 is 6.10 Å². The monoisotopic (exact) mass is 296 g/mol. The van der Waals surface area contributed by atoms with Crippen molar-refractivity contribution < 1.29 is 5.11 Å². The average Bonchev–Trinajstić information content (AvgIpc) is 2.60. The normalized spacial score (nSPS) is 28.9. The number of hydrogen-bond donors (Lipinski definition) is 2. The van der Waals surface area contributed by atoms with Crippen molar-refractivity contribution in [3.63, 3.8) is 0 Å². The molecule has 0 aliphatic carbocycles. The SMILES string of the molecule is O[C@H](CN[C@@H]1CN2CCC1CC2)c1ccc2ccccc2c1. The van der Waals surface area contributed by atoms with Gasteiger partial charge in [0.1, 0.15) is 0 Å². The fourth-order valence-electron chi connectivity index (χ4n) is 3.99. The van der Waals surface area contributed by atoms with Crippen LogP contribution in [0.25, 0.3) is 10.8 Å². The lowest BCUT2D eigenvalue weighted by molar-refractivity contribution is 0.0635. The van der Waals surface area contributed by atoms with Crippen LogP contribution in [-0.2, 0) is 0 Å². The zero-order valence-corrected chi connectivity index (χ0v) is 12.9. The molecule has 116 valence electrons. The van der Waals surface area contributed by atoms with Gasteiger partial charge in [-0.1, -0.05) is 36.4 Å². The number of nitrogens with zero attached hydrogens (tertiary/aromatic N) is 1. The van der Waals surface area contributed by atoms with Crippen molar-refractivity contribution in [1.29, 1.82) is 0 Å². The predicted molar refractivity (Wildman–Crippen MR) is 89.9 cm³/mol. The molecule has 3 fully saturated rings. The van der Waals surface area contributed by atoms with Crippen molar-refractivity contribution in [2.75, 3.05) is 26.2 Å². The Hall–Kier alpha value is -1.42. The first kappa shape index (κ1) is 14.2. The van der Waals surface area contributed by atoms with Gasteiger partial charge < -0.3 is 15.3 Å². The zero-order chi connectivity index (χ0) is 14.9. The van der Waals surface area contributed by atoms with Crippen LogP contribution in [0.4, 0.5) is 0 Å². The molecule has 2 aromatic carbocycles. The van der Waals surface area contributed by atoms with E-state index in [2.05, 4.69) is 34.5 Å². The fraction of sp³-hybridized carbons (Fsp3) is 0.474. The Bertz CT molecular complexity index is 649. The first-order valence-corrected chi connectivity index (χ1v) is 8.42. The van der Waals surface area contributed by atoms with Crippen molar-refractivity contribution in [3.05, 3.63) is 48.0 Å². The van der Waals surface area contributed by atoms with E-state index in [9.17, 15) is 5.11 Å². The van der Waals surface area contributed by atoms with Crippen LogP contribution in [0.15, 0.2) is 42.5 Å². The number of aliphatic hydroxyl groups is 1. The molecule has 0 amide bonds. The molecule has 0 radical (unpaired) electrons. The van der Waals surface area contributed by atoms with E-state index in [0.717, 1.165) is 18.0 Å². The van der Waals surface area contributed by atoms with E-state index in [-0.39, 0.29) is 0 Å². The first-order chi connectivity index (χ1) is 10.8. The first-order valence-electron chi connectivity index (χ1n) is 8.42. The third-order valence-corrected chi connectivity index (χ3v) is 5.39. The topological polar surface area (TPSA) is 35.5 Å². The van der Waals surface area contributed by atoms with E-state index in [0.29, 0.717) is 12.6 Å². The summed E-state index contributed by atoms with van der Waals surface area (Å²) in [6, 6.07) is 15.1. The number of nitrogens with one attached hydrogen (secondary N) is 1. The second-order valence-corrected chi connectivity index (χ2v) is 6.78. The standard InChI is InChI=1S/C19H24N2O/c22-19(12-20-18-13-21-9-7-15(18)8-10-21)17-6-5-14-3-1-2-4-16(14)11-17/h1-6,11,15,18-20,22H,7-10,12-13H2/t18-,19-/m1/s1. The smallest absolute Gasteiger partial charge is 0.0914 e. The highest BCUT2D eigenvalue weighted by Crippen LogP contribution is 2.28. The van der Waals surface area contributed by atoms with Gasteiger partial charge >= 0.3 is 0 Å². The molecule has 3 aliphatic rings. The van der Waals surface area contributed by atoms with Gasteiger partial charge in [0.2, 0.25) is 0 Å². The van der Waals surface area contributed by atoms with Crippen LogP contribution >= 0.6 is 0 Å². The Morgan fingerprint density at radius 3 is 2.59 bits per heavy atom. The molecule has 2 bridgehead atoms. The lowest BCUT2D eigenvalue weighted by atomic mass is 9.84. The lowest BCUT2D eigenvalue weighted by Crippen LogP contribution is -2.56. The summed E-state index contributed by atoms with van der Waals surface area (Å²) < 4.78 is 0. The van der Waals surface area contributed by atoms with Crippen LogP contribution < -0.4 is 5.32 Å². The van der Waals surface area contributed by atoms with Crippen molar-refractivity contribution in [3.8, 4) is 0 Å². The minimum absolute atomic E-state index is 0.431. The molecule has 0 unspecified atom stereocenters. The molecule has 3 heteroatoms. The molecule has 0 aromatic heterocycles. The summed E-state index contributed by atoms with van der Waals surface area (Å²) in [6.45, 7) is 4.31. The number of hydrogen-bond acceptors (Lipinski definition) is 3. The molecule has 5 rings (SSSR count). The van der Waals surface area contributed by atoms with E-state index in [4.69, 9.17) is 0 Å². The average molecular weight is 296 g/mol. The largest absolute Gasteiger partial charge is 0.387 e. The Morgan fingerprint density at radius 2 is 1.86 bits per heavy atom. The van der Waals surface area contributed by atoms with Gasteiger partial charge in [0.05, 0.1) is 6.10 Å². The number of aliphatic hydroxyl groups excluding tert-OH is 1. The van der Waals surface area contributed by atoms with Crippen molar-refractivity contribution >= 4 is 10.8 Å². The van der Waals surface area contributed by atoms with Crippen molar-refractivity contribution in [2.45, 2.75) is 25.0 Å². The molecule has 3 heterocycles. The summed E-state index contributed by atoms with van der Waals surface area (Å²) in [6.07, 6.45) is 2.19. The van der Waals surface area contributed by atoms with Crippen LogP contribution in [0.5, 0.6) is 0 Å². The summed E-state index contributed by atoms with van der Waals surface area (Å²) in [7, 11) is 0. The highest BCUT2D eigenvalue weighted by atomic mass is 16.3. The Balaban J connectivity index is 1.41. The highest BCUT2D eigenvalue weighted by Gasteiger charge is 2.33. The number of benzene rings is 2. The fourth-order valence-corrected chi connectivity index (χ4v) is 3.99. The molecule has 3 nitrogen and oxygen atoms in total. The number of piperidine rings is 3. The van der Waals surface area contributed by atoms with Crippen LogP contribution in [0.1, 0.15) is 24.5 Å². The van der Waals surface area contributed by atoms with Crippen LogP contribution in [0.3, 0.4) is 0 Å². The summed E-state index contributed by atoms with van der Waals surface area (Å²) in [5, 5.41) is 16.5. The van der Waals surface area contributed by atoms with Crippen molar-refractivity contribution in [1.82, 2.24) is 10.2 Å². The molecular formula is C19H24N2O. The quantitative estimate of drug-likeness (QED) is 0.910. The zero-order valence-electron chi connectivity index (χ0n) is 12.9. The molecule has 0 spiro atoms. The molecular weight excluding hydrogens is 272 g/mol. The molecule has 3 saturated heterocycles. The van der Waals surface area contributed by atoms with E-state index in [1.807, 2.05) is 18.2 Å². The Kier molecular flexibility index (Phi) is 3.87. The van der Waals surface area contributed by atoms with Gasteiger partial charge in [0.15, 0.2) is 0 Å². The molecule has 2 aromatic rings. The third-order valence-electron chi connectivity index (χ3n) is 5.39. The Labute approximate surface area is 131 Å². The van der Waals surface area contributed by atoms with E-state index in [1.165, 1.54) is 36.7 Å². The van der Waals surface area contributed by atoms with Crippen LogP contribution in [0.2, 0.25) is 0 Å². The summed E-state index contributed by atoms with van der Waals surface area (Å²) >= 11 is 0. The molecule has 3 aliphatic heterocycles.